The van der Waals surface area contributed by atoms with Gasteiger partial charge >= 0.3 is 6.01 Å². The molecule has 2 aromatic heterocycles. The molecule has 5 heterocycles. The van der Waals surface area contributed by atoms with Crippen LogP contribution in [0.2, 0.25) is 0 Å². The third-order valence-electron chi connectivity index (χ3n) is 10.7. The van der Waals surface area contributed by atoms with Crippen LogP contribution >= 0.6 is 0 Å². The third kappa shape index (κ3) is 4.54. The molecule has 0 radical (unpaired) electrons. The Morgan fingerprint density at radius 2 is 2.04 bits per heavy atom. The van der Waals surface area contributed by atoms with Crippen LogP contribution in [0.1, 0.15) is 44.6 Å². The number of likely N-dealkylation sites (N-methyl/N-ethyl adjacent to an activating group) is 1. The number of nitrogens with one attached hydrogen (secondary N) is 1. The summed E-state index contributed by atoms with van der Waals surface area (Å²) in [5.74, 6) is 1.71. The van der Waals surface area contributed by atoms with Crippen molar-refractivity contribution in [3.63, 3.8) is 0 Å². The molecule has 10 heteroatoms. The van der Waals surface area contributed by atoms with Crippen molar-refractivity contribution in [3.8, 4) is 29.6 Å². The first-order valence-corrected chi connectivity index (χ1v) is 15.7. The second kappa shape index (κ2) is 10.3. The minimum absolute atomic E-state index is 0.0108. The van der Waals surface area contributed by atoms with Crippen LogP contribution in [-0.2, 0) is 0 Å². The van der Waals surface area contributed by atoms with E-state index in [0.717, 1.165) is 38.8 Å². The Hall–Kier alpha value is -3.94. The van der Waals surface area contributed by atoms with E-state index in [1.807, 2.05) is 11.9 Å². The number of hydrogen-bond acceptors (Lipinski definition) is 7. The zero-order chi connectivity index (χ0) is 31.1. The van der Waals surface area contributed by atoms with Gasteiger partial charge in [0.1, 0.15) is 35.6 Å². The normalized spacial score (nSPS) is 26.9. The first kappa shape index (κ1) is 28.5. The summed E-state index contributed by atoms with van der Waals surface area (Å²) < 4.78 is 52.6. The van der Waals surface area contributed by atoms with Gasteiger partial charge in [0.2, 0.25) is 0 Å². The van der Waals surface area contributed by atoms with E-state index in [0.29, 0.717) is 40.5 Å². The third-order valence-corrected chi connectivity index (χ3v) is 10.7. The molecule has 232 valence electrons. The number of pyridine rings is 1. The largest absolute Gasteiger partial charge is 0.461 e. The first-order chi connectivity index (χ1) is 21.7. The summed E-state index contributed by atoms with van der Waals surface area (Å²) in [5, 5.41) is 5.00. The first-order valence-electron chi connectivity index (χ1n) is 15.7. The van der Waals surface area contributed by atoms with Crippen molar-refractivity contribution in [3.05, 3.63) is 53.7 Å². The summed E-state index contributed by atoms with van der Waals surface area (Å²) in [6.07, 6.45) is 10.9. The molecular weight excluding hydrogens is 577 g/mol. The van der Waals surface area contributed by atoms with E-state index in [2.05, 4.69) is 33.0 Å². The fraction of sp³-hybridized carbons (Fsp3) is 0.457. The molecule has 1 aliphatic carbocycles. The van der Waals surface area contributed by atoms with Gasteiger partial charge in [0, 0.05) is 55.8 Å². The number of nitrogens with zero attached hydrogens (tertiary/aromatic N) is 5. The van der Waals surface area contributed by atoms with Gasteiger partial charge in [-0.2, -0.15) is 9.97 Å². The number of benzene rings is 2. The zero-order valence-electron chi connectivity index (χ0n) is 25.4. The number of halogens is 3. The van der Waals surface area contributed by atoms with E-state index >= 15 is 4.39 Å². The van der Waals surface area contributed by atoms with Crippen LogP contribution in [0.5, 0.6) is 6.01 Å². The lowest BCUT2D eigenvalue weighted by Gasteiger charge is -2.32. The van der Waals surface area contributed by atoms with Gasteiger partial charge in [0.05, 0.1) is 16.5 Å². The SMILES string of the molecule is C#Cc1c(F)ccc2cccc(-c3ncc4c(N(C)[C@@H]5CCN[C@@H]5C)nc(OC[C@]56C[C@@H](F)CN5CC5(CC5)C6)nc4c3F)c12. The zero-order valence-corrected chi connectivity index (χ0v) is 25.4. The highest BCUT2D eigenvalue weighted by Crippen LogP contribution is 2.60. The van der Waals surface area contributed by atoms with Crippen LogP contribution < -0.4 is 15.0 Å². The number of hydrogen-bond donors (Lipinski definition) is 1. The van der Waals surface area contributed by atoms with Gasteiger partial charge in [-0.05, 0) is 56.0 Å². The Labute approximate surface area is 260 Å². The van der Waals surface area contributed by atoms with Crippen molar-refractivity contribution >= 4 is 27.5 Å². The van der Waals surface area contributed by atoms with Gasteiger partial charge in [-0.25, -0.2) is 13.2 Å². The molecule has 1 spiro atoms. The van der Waals surface area contributed by atoms with E-state index in [4.69, 9.17) is 16.1 Å². The van der Waals surface area contributed by atoms with Crippen molar-refractivity contribution in [2.75, 3.05) is 38.2 Å². The Bertz CT molecular complexity index is 1890. The van der Waals surface area contributed by atoms with Crippen LogP contribution in [0.15, 0.2) is 36.5 Å². The minimum atomic E-state index is -0.898. The standard InChI is InChI=1S/C35H35F3N6O/c1-4-23-26(37)9-8-21-6-5-7-24(28(21)23)30-29(38)31-25(15-40-30)32(43(3)27-10-13-39-20(27)2)42-33(41-31)45-19-35-14-22(36)16-44(35)18-34(17-35)11-12-34/h1,5-9,15,20,22,27,39H,10-14,16-19H2,2-3H3/t20-,22-,27-,35-/m1/s1. The molecule has 4 fully saturated rings. The molecule has 3 aliphatic heterocycles. The van der Waals surface area contributed by atoms with Gasteiger partial charge in [-0.15, -0.1) is 6.42 Å². The molecule has 8 rings (SSSR count). The highest BCUT2D eigenvalue weighted by atomic mass is 19.1. The maximum Gasteiger partial charge on any atom is 0.319 e. The minimum Gasteiger partial charge on any atom is -0.461 e. The summed E-state index contributed by atoms with van der Waals surface area (Å²) in [7, 11) is 1.94. The molecule has 3 saturated heterocycles. The number of terminal acetylenes is 1. The van der Waals surface area contributed by atoms with Gasteiger partial charge in [0.25, 0.3) is 0 Å². The van der Waals surface area contributed by atoms with Gasteiger partial charge in [0.15, 0.2) is 5.82 Å². The molecule has 4 atom stereocenters. The van der Waals surface area contributed by atoms with Crippen molar-refractivity contribution in [2.45, 2.75) is 62.8 Å². The fourth-order valence-corrected chi connectivity index (χ4v) is 8.29. The maximum atomic E-state index is 16.8. The Kier molecular flexibility index (Phi) is 6.52. The van der Waals surface area contributed by atoms with Crippen LogP contribution in [0.4, 0.5) is 19.0 Å². The Balaban J connectivity index is 1.25. The van der Waals surface area contributed by atoms with E-state index < -0.39 is 23.3 Å². The Morgan fingerprint density at radius 1 is 1.20 bits per heavy atom. The maximum absolute atomic E-state index is 16.8. The van der Waals surface area contributed by atoms with E-state index in [9.17, 15) is 8.78 Å². The molecule has 0 amide bonds. The number of rotatable bonds is 6. The summed E-state index contributed by atoms with van der Waals surface area (Å²) in [6, 6.07) is 8.53. The molecule has 1 N–H and O–H groups in total. The molecule has 0 unspecified atom stereocenters. The summed E-state index contributed by atoms with van der Waals surface area (Å²) in [4.78, 5) is 18.3. The fourth-order valence-electron chi connectivity index (χ4n) is 8.29. The van der Waals surface area contributed by atoms with Crippen LogP contribution in [-0.4, -0.2) is 76.9 Å². The van der Waals surface area contributed by atoms with Gasteiger partial charge < -0.3 is 15.0 Å². The predicted molar refractivity (Wildman–Crippen MR) is 168 cm³/mol. The molecule has 45 heavy (non-hydrogen) atoms. The molecule has 4 aromatic rings. The van der Waals surface area contributed by atoms with Crippen LogP contribution in [0.25, 0.3) is 32.9 Å². The monoisotopic (exact) mass is 612 g/mol. The molecule has 1 saturated carbocycles. The lowest BCUT2D eigenvalue weighted by molar-refractivity contribution is 0.107. The van der Waals surface area contributed by atoms with Crippen molar-refractivity contribution in [1.82, 2.24) is 25.2 Å². The van der Waals surface area contributed by atoms with Crippen LogP contribution in [0.3, 0.4) is 0 Å². The highest BCUT2D eigenvalue weighted by Gasteiger charge is 2.62. The quantitative estimate of drug-likeness (QED) is 0.283. The number of alkyl halides is 1. The van der Waals surface area contributed by atoms with E-state index in [1.54, 1.807) is 30.5 Å². The molecule has 4 aliphatic rings. The average Bonchev–Trinajstić information content (AvgIpc) is 3.36. The summed E-state index contributed by atoms with van der Waals surface area (Å²) >= 11 is 0. The van der Waals surface area contributed by atoms with E-state index in [-0.39, 0.29) is 46.9 Å². The Morgan fingerprint density at radius 3 is 2.80 bits per heavy atom. The van der Waals surface area contributed by atoms with Gasteiger partial charge in [-0.3, -0.25) is 9.88 Å². The smallest absolute Gasteiger partial charge is 0.319 e. The van der Waals surface area contributed by atoms with Gasteiger partial charge in [-0.1, -0.05) is 30.2 Å². The topological polar surface area (TPSA) is 66.4 Å². The van der Waals surface area contributed by atoms with E-state index in [1.165, 1.54) is 6.07 Å². The molecule has 2 aromatic carbocycles. The van der Waals surface area contributed by atoms with Crippen molar-refractivity contribution in [1.29, 1.82) is 0 Å². The number of ether oxygens (including phenoxy) is 1. The number of aromatic nitrogens is 3. The summed E-state index contributed by atoms with van der Waals surface area (Å²) in [5.41, 5.74) is 0.346. The lowest BCUT2D eigenvalue weighted by Crippen LogP contribution is -2.43. The van der Waals surface area contributed by atoms with Crippen molar-refractivity contribution < 1.29 is 17.9 Å². The second-order valence-electron chi connectivity index (χ2n) is 13.6. The highest BCUT2D eigenvalue weighted by molar-refractivity contribution is 6.02. The molecular formula is C35H35F3N6O. The second-order valence-corrected chi connectivity index (χ2v) is 13.6. The number of anilines is 1. The molecule has 0 bridgehead atoms. The lowest BCUT2D eigenvalue weighted by atomic mass is 9.89. The van der Waals surface area contributed by atoms with Crippen LogP contribution in [0, 0.1) is 29.4 Å². The predicted octanol–water partition coefficient (Wildman–Crippen LogP) is 5.64. The summed E-state index contributed by atoms with van der Waals surface area (Å²) in [6.45, 7) is 4.52. The van der Waals surface area contributed by atoms with Crippen molar-refractivity contribution in [2.24, 2.45) is 5.41 Å². The average molecular weight is 613 g/mol. The number of fused-ring (bicyclic) bond motifs is 3. The molecule has 7 nitrogen and oxygen atoms in total.